The second-order valence-corrected chi connectivity index (χ2v) is 5.08. The van der Waals surface area contributed by atoms with Gasteiger partial charge in [0, 0.05) is 48.4 Å². The average molecular weight is 484 g/mol. The minimum Gasteiger partial charge on any atom is -0.870 e. The van der Waals surface area contributed by atoms with Crippen LogP contribution in [0.25, 0.3) is 0 Å². The van der Waals surface area contributed by atoms with Crippen LogP contribution in [0.15, 0.2) is 37.2 Å². The van der Waals surface area contributed by atoms with Gasteiger partial charge < -0.3 is 20.6 Å². The summed E-state index contributed by atoms with van der Waals surface area (Å²) in [6.45, 7) is 0. The average Bonchev–Trinajstić information content (AvgIpc) is 2.75. The summed E-state index contributed by atoms with van der Waals surface area (Å²) in [5.74, 6) is -1.16. The molecule has 160 valence electrons. The van der Waals surface area contributed by atoms with Gasteiger partial charge in [-0.3, -0.25) is 9.97 Å². The second kappa shape index (κ2) is 20.7. The Morgan fingerprint density at radius 2 is 1.24 bits per heavy atom. The molecule has 0 aliphatic rings. The first kappa shape index (κ1) is 35.7. The molecule has 3 aromatic heterocycles. The Kier molecular flexibility index (Phi) is 21.7. The summed E-state index contributed by atoms with van der Waals surface area (Å²) in [7, 11) is 13.0. The van der Waals surface area contributed by atoms with Gasteiger partial charge in [0.2, 0.25) is 0 Å². The Hall–Kier alpha value is -2.88. The Morgan fingerprint density at radius 3 is 1.53 bits per heavy atom. The zero-order valence-corrected chi connectivity index (χ0v) is 20.2. The molecule has 3 aromatic rings. The van der Waals surface area contributed by atoms with E-state index in [0.29, 0.717) is 0 Å². The molecule has 3 heterocycles. The fraction of sp³-hybridized carbons (Fsp3) is 0. The van der Waals surface area contributed by atoms with Gasteiger partial charge in [-0.25, -0.2) is 24.7 Å². The predicted octanol–water partition coefficient (Wildman–Crippen LogP) is -5.94. The Balaban J connectivity index is -0.000000383. The first-order valence-corrected chi connectivity index (χ1v) is 8.26. The van der Waals surface area contributed by atoms with Crippen LogP contribution in [0.3, 0.4) is 0 Å². The third-order valence-corrected chi connectivity index (χ3v) is 2.80. The van der Waals surface area contributed by atoms with Gasteiger partial charge in [-0.05, 0) is 0 Å². The number of halogens is 1. The van der Waals surface area contributed by atoms with E-state index in [9.17, 15) is 4.79 Å². The van der Waals surface area contributed by atoms with Gasteiger partial charge >= 0.3 is 42.5 Å². The SMILES string of the molecule is N#Cc1nccnc1Cl.[B]B(O)O.[B]c1nccnc1C#N.[B]c1nccnc1C(=O)O.[Na+].[OH-]. The van der Waals surface area contributed by atoms with E-state index in [1.165, 1.54) is 37.2 Å². The van der Waals surface area contributed by atoms with Crippen molar-refractivity contribution in [2.75, 3.05) is 0 Å². The monoisotopic (exact) mass is 484 g/mol. The Morgan fingerprint density at radius 1 is 0.853 bits per heavy atom. The van der Waals surface area contributed by atoms with Crippen LogP contribution in [-0.4, -0.2) is 86.9 Å². The number of carbonyl (C=O) groups is 1. The van der Waals surface area contributed by atoms with Gasteiger partial charge in [-0.2, -0.15) is 10.5 Å². The van der Waals surface area contributed by atoms with Gasteiger partial charge in [0.25, 0.3) is 0 Å². The minimum atomic E-state index is -1.67. The number of hydrogen-bond acceptors (Lipinski definition) is 12. The van der Waals surface area contributed by atoms with E-state index < -0.39 is 13.0 Å². The normalized spacial score (nSPS) is 7.91. The van der Waals surface area contributed by atoms with Crippen molar-refractivity contribution < 1.29 is 55.0 Å². The van der Waals surface area contributed by atoms with Crippen molar-refractivity contribution in [3.8, 4) is 12.1 Å². The quantitative estimate of drug-likeness (QED) is 0.274. The van der Waals surface area contributed by atoms with Gasteiger partial charge in [0.15, 0.2) is 22.2 Å². The molecule has 0 saturated carbocycles. The van der Waals surface area contributed by atoms with Crippen LogP contribution in [0.5, 0.6) is 0 Å². The summed E-state index contributed by atoms with van der Waals surface area (Å²) < 4.78 is 0. The topological polar surface area (TPSA) is 233 Å². The van der Waals surface area contributed by atoms with Crippen LogP contribution in [-0.2, 0) is 0 Å². The molecule has 3 rings (SSSR count). The van der Waals surface area contributed by atoms with E-state index in [4.69, 9.17) is 53.0 Å². The fourth-order valence-electron chi connectivity index (χ4n) is 1.34. The molecule has 34 heavy (non-hydrogen) atoms. The molecular weight excluding hydrogens is 474 g/mol. The molecule has 0 saturated heterocycles. The summed E-state index contributed by atoms with van der Waals surface area (Å²) in [4.78, 5) is 31.8. The number of carboxylic acid groups (broad SMARTS) is 1. The van der Waals surface area contributed by atoms with Crippen molar-refractivity contribution >= 4 is 59.2 Å². The molecule has 19 heteroatoms. The van der Waals surface area contributed by atoms with Crippen molar-refractivity contribution in [3.63, 3.8) is 0 Å². The van der Waals surface area contributed by atoms with Gasteiger partial charge in [0.1, 0.15) is 35.6 Å². The van der Waals surface area contributed by atoms with Crippen molar-refractivity contribution in [2.45, 2.75) is 0 Å². The maximum atomic E-state index is 10.2. The first-order chi connectivity index (χ1) is 15.1. The number of rotatable bonds is 1. The minimum absolute atomic E-state index is 0. The maximum Gasteiger partial charge on any atom is 1.00 e. The van der Waals surface area contributed by atoms with Crippen LogP contribution in [0.2, 0.25) is 5.15 Å². The van der Waals surface area contributed by atoms with Crippen LogP contribution in [0, 0.1) is 22.7 Å². The van der Waals surface area contributed by atoms with Crippen LogP contribution in [0.4, 0.5) is 0 Å². The van der Waals surface area contributed by atoms with Gasteiger partial charge in [0.05, 0.1) is 0 Å². The van der Waals surface area contributed by atoms with E-state index in [-0.39, 0.29) is 68.5 Å². The largest absolute Gasteiger partial charge is 1.00 e. The molecule has 0 atom stereocenters. The summed E-state index contributed by atoms with van der Waals surface area (Å²) >= 11 is 5.43. The second-order valence-electron chi connectivity index (χ2n) is 4.72. The number of aromatic carboxylic acids is 1. The molecule has 0 fully saturated rings. The standard InChI is InChI=1S/C5H2BN3.C5H3BN2O2.C5H2ClN3.B2H2O2.Na.H2O/c6-5-4(3-7)8-1-2-9-5;6-4-3(5(9)10)7-1-2-8-4;6-5-4(3-7)8-1-2-9-5;1-2(3)4;;/h1-2H;1-2H,(H,9,10);1-2H;3-4H;;1H2/q;;;;+1;/p-1. The van der Waals surface area contributed by atoms with E-state index in [0.717, 1.165) is 0 Å². The summed E-state index contributed by atoms with van der Waals surface area (Å²) in [5, 5.41) is 39.9. The van der Waals surface area contributed by atoms with Crippen LogP contribution >= 0.6 is 11.6 Å². The summed E-state index contributed by atoms with van der Waals surface area (Å²) in [6.07, 6.45) is 8.33. The van der Waals surface area contributed by atoms with Crippen molar-refractivity contribution in [3.05, 3.63) is 59.4 Å². The molecule has 6 radical (unpaired) electrons. The number of carboxylic acids is 1. The number of nitriles is 2. The summed E-state index contributed by atoms with van der Waals surface area (Å²) in [6, 6.07) is 3.59. The third kappa shape index (κ3) is 15.8. The van der Waals surface area contributed by atoms with Crippen molar-refractivity contribution in [2.24, 2.45) is 0 Å². The van der Waals surface area contributed by atoms with Gasteiger partial charge in [-0.1, -0.05) is 11.6 Å². The fourth-order valence-corrected chi connectivity index (χ4v) is 1.49. The molecule has 0 unspecified atom stereocenters. The molecule has 13 nitrogen and oxygen atoms in total. The number of aromatic nitrogens is 6. The molecule has 0 aromatic carbocycles. The smallest absolute Gasteiger partial charge is 0.870 e. The molecule has 4 N–H and O–H groups in total. The predicted molar refractivity (Wildman–Crippen MR) is 116 cm³/mol. The zero-order chi connectivity index (χ0) is 24.5. The van der Waals surface area contributed by atoms with Crippen LogP contribution in [0.1, 0.15) is 21.9 Å². The van der Waals surface area contributed by atoms with E-state index in [1.807, 2.05) is 0 Å². The Bertz CT molecular complexity index is 1050. The molecule has 0 bridgehead atoms. The van der Waals surface area contributed by atoms with Gasteiger partial charge in [-0.15, -0.1) is 0 Å². The third-order valence-electron chi connectivity index (χ3n) is 2.52. The molecule has 0 aliphatic carbocycles. The number of hydrogen-bond donors (Lipinski definition) is 3. The Labute approximate surface area is 225 Å². The molecule has 0 spiro atoms. The van der Waals surface area contributed by atoms with Crippen molar-refractivity contribution in [1.29, 1.82) is 10.5 Å². The van der Waals surface area contributed by atoms with Crippen molar-refractivity contribution in [1.82, 2.24) is 29.9 Å². The molecule has 0 aliphatic heterocycles. The maximum absolute atomic E-state index is 10.2. The van der Waals surface area contributed by atoms with E-state index in [2.05, 4.69) is 37.6 Å². The van der Waals surface area contributed by atoms with E-state index in [1.54, 1.807) is 12.1 Å². The number of nitrogens with zero attached hydrogens (tertiary/aromatic N) is 8. The van der Waals surface area contributed by atoms with Crippen LogP contribution < -0.4 is 40.7 Å². The summed E-state index contributed by atoms with van der Waals surface area (Å²) in [5.41, 5.74) is 0.258. The first-order valence-electron chi connectivity index (χ1n) is 7.88. The van der Waals surface area contributed by atoms with E-state index >= 15 is 0 Å². The zero-order valence-electron chi connectivity index (χ0n) is 17.4. The molecular formula is C15H10B4ClN8NaO5. The molecule has 0 amide bonds.